The van der Waals surface area contributed by atoms with Crippen LogP contribution in [-0.4, -0.2) is 42.6 Å². The number of nitrogens with zero attached hydrogens (tertiary/aromatic N) is 1. The first-order chi connectivity index (χ1) is 7.86. The Balaban J connectivity index is 1.63. The Hall–Kier alpha value is -0.840. The van der Waals surface area contributed by atoms with Crippen LogP contribution in [0.15, 0.2) is 18.5 Å². The summed E-state index contributed by atoms with van der Waals surface area (Å²) < 4.78 is 0. The second-order valence-electron chi connectivity index (χ2n) is 4.48. The van der Waals surface area contributed by atoms with Gasteiger partial charge < -0.3 is 20.9 Å². The second kappa shape index (κ2) is 6.03. The van der Waals surface area contributed by atoms with E-state index in [0.717, 1.165) is 19.5 Å². The van der Waals surface area contributed by atoms with E-state index in [-0.39, 0.29) is 6.04 Å². The van der Waals surface area contributed by atoms with Crippen molar-refractivity contribution in [3.8, 4) is 0 Å². The van der Waals surface area contributed by atoms with Gasteiger partial charge in [0.2, 0.25) is 0 Å². The first kappa shape index (κ1) is 11.6. The third kappa shape index (κ3) is 3.33. The highest BCUT2D eigenvalue weighted by Gasteiger charge is 2.10. The Bertz CT molecular complexity index is 277. The zero-order valence-corrected chi connectivity index (χ0v) is 9.78. The Kier molecular flexibility index (Phi) is 4.39. The molecule has 1 atom stereocenters. The van der Waals surface area contributed by atoms with Crippen molar-refractivity contribution in [2.45, 2.75) is 18.9 Å². The molecular weight excluding hydrogens is 200 g/mol. The standard InChI is InChI=1S/C12H22N4/c13-12(11-3-4-15-10-11)2-1-7-16-8-5-14-6-9-16/h3-4,10,12,14-15H,1-2,5-9,13H2. The summed E-state index contributed by atoms with van der Waals surface area (Å²) in [6.07, 6.45) is 6.19. The molecule has 0 saturated carbocycles. The fourth-order valence-corrected chi connectivity index (χ4v) is 2.20. The van der Waals surface area contributed by atoms with Crippen molar-refractivity contribution in [3.63, 3.8) is 0 Å². The molecule has 1 aliphatic heterocycles. The van der Waals surface area contributed by atoms with Crippen LogP contribution in [0, 0.1) is 0 Å². The van der Waals surface area contributed by atoms with Crippen molar-refractivity contribution < 1.29 is 0 Å². The van der Waals surface area contributed by atoms with Crippen molar-refractivity contribution >= 4 is 0 Å². The average Bonchev–Trinajstić information content (AvgIpc) is 2.84. The molecule has 1 aromatic rings. The summed E-state index contributed by atoms with van der Waals surface area (Å²) in [7, 11) is 0. The molecule has 1 saturated heterocycles. The molecule has 90 valence electrons. The maximum Gasteiger partial charge on any atom is 0.0310 e. The first-order valence-corrected chi connectivity index (χ1v) is 6.17. The van der Waals surface area contributed by atoms with Crippen LogP contribution in [-0.2, 0) is 0 Å². The highest BCUT2D eigenvalue weighted by molar-refractivity contribution is 5.12. The molecule has 4 heteroatoms. The van der Waals surface area contributed by atoms with Crippen LogP contribution in [0.1, 0.15) is 24.4 Å². The van der Waals surface area contributed by atoms with E-state index in [4.69, 9.17) is 5.73 Å². The third-order valence-electron chi connectivity index (χ3n) is 3.25. The lowest BCUT2D eigenvalue weighted by atomic mass is 10.1. The minimum absolute atomic E-state index is 0.189. The number of aromatic nitrogens is 1. The van der Waals surface area contributed by atoms with E-state index in [0.29, 0.717) is 0 Å². The molecule has 4 nitrogen and oxygen atoms in total. The van der Waals surface area contributed by atoms with Crippen LogP contribution in [0.4, 0.5) is 0 Å². The lowest BCUT2D eigenvalue weighted by molar-refractivity contribution is 0.235. The summed E-state index contributed by atoms with van der Waals surface area (Å²) >= 11 is 0. The van der Waals surface area contributed by atoms with Gasteiger partial charge in [-0.3, -0.25) is 0 Å². The first-order valence-electron chi connectivity index (χ1n) is 6.17. The zero-order valence-electron chi connectivity index (χ0n) is 9.78. The smallest absolute Gasteiger partial charge is 0.0310 e. The molecule has 1 aliphatic rings. The molecule has 0 aromatic carbocycles. The monoisotopic (exact) mass is 222 g/mol. The van der Waals surface area contributed by atoms with Crippen LogP contribution in [0.5, 0.6) is 0 Å². The number of rotatable bonds is 5. The fourth-order valence-electron chi connectivity index (χ4n) is 2.20. The van der Waals surface area contributed by atoms with E-state index in [1.165, 1.54) is 31.6 Å². The van der Waals surface area contributed by atoms with Gasteiger partial charge in [0.1, 0.15) is 0 Å². The molecule has 2 rings (SSSR count). The van der Waals surface area contributed by atoms with E-state index in [2.05, 4.69) is 21.3 Å². The molecular formula is C12H22N4. The predicted octanol–water partition coefficient (Wildman–Crippen LogP) is 0.700. The molecule has 16 heavy (non-hydrogen) atoms. The van der Waals surface area contributed by atoms with Gasteiger partial charge in [0, 0.05) is 44.6 Å². The molecule has 1 unspecified atom stereocenters. The fraction of sp³-hybridized carbons (Fsp3) is 0.667. The summed E-state index contributed by atoms with van der Waals surface area (Å²) in [4.78, 5) is 5.57. The Labute approximate surface area is 97.2 Å². The highest BCUT2D eigenvalue weighted by atomic mass is 15.2. The highest BCUT2D eigenvalue weighted by Crippen LogP contribution is 2.14. The maximum absolute atomic E-state index is 6.10. The quantitative estimate of drug-likeness (QED) is 0.687. The van der Waals surface area contributed by atoms with Crippen molar-refractivity contribution in [1.82, 2.24) is 15.2 Å². The largest absolute Gasteiger partial charge is 0.367 e. The van der Waals surface area contributed by atoms with Gasteiger partial charge in [-0.1, -0.05) is 0 Å². The predicted molar refractivity (Wildman–Crippen MR) is 66.3 cm³/mol. The van der Waals surface area contributed by atoms with Gasteiger partial charge in [-0.15, -0.1) is 0 Å². The Morgan fingerprint density at radius 2 is 2.19 bits per heavy atom. The van der Waals surface area contributed by atoms with Gasteiger partial charge in [-0.05, 0) is 31.0 Å². The average molecular weight is 222 g/mol. The molecule has 0 spiro atoms. The minimum atomic E-state index is 0.189. The third-order valence-corrected chi connectivity index (χ3v) is 3.25. The van der Waals surface area contributed by atoms with Gasteiger partial charge in [-0.2, -0.15) is 0 Å². The van der Waals surface area contributed by atoms with E-state index in [9.17, 15) is 0 Å². The number of hydrogen-bond acceptors (Lipinski definition) is 3. The van der Waals surface area contributed by atoms with Crippen molar-refractivity contribution in [1.29, 1.82) is 0 Å². The summed E-state index contributed by atoms with van der Waals surface area (Å²) in [5.74, 6) is 0. The molecule has 4 N–H and O–H groups in total. The second-order valence-corrected chi connectivity index (χ2v) is 4.48. The lowest BCUT2D eigenvalue weighted by Crippen LogP contribution is -2.43. The maximum atomic E-state index is 6.10. The summed E-state index contributed by atoms with van der Waals surface area (Å²) in [6.45, 7) is 5.80. The SMILES string of the molecule is NC(CCCN1CCNCC1)c1cc[nH]c1. The van der Waals surface area contributed by atoms with Gasteiger partial charge in [-0.25, -0.2) is 0 Å². The van der Waals surface area contributed by atoms with Gasteiger partial charge in [0.15, 0.2) is 0 Å². The van der Waals surface area contributed by atoms with E-state index in [1.54, 1.807) is 0 Å². The minimum Gasteiger partial charge on any atom is -0.367 e. The molecule has 1 aromatic heterocycles. The number of nitrogens with one attached hydrogen (secondary N) is 2. The van der Waals surface area contributed by atoms with Gasteiger partial charge in [0.05, 0.1) is 0 Å². The molecule has 0 bridgehead atoms. The van der Waals surface area contributed by atoms with E-state index >= 15 is 0 Å². The Morgan fingerprint density at radius 1 is 1.38 bits per heavy atom. The van der Waals surface area contributed by atoms with E-state index in [1.807, 2.05) is 12.4 Å². The van der Waals surface area contributed by atoms with Crippen LogP contribution < -0.4 is 11.1 Å². The van der Waals surface area contributed by atoms with Crippen molar-refractivity contribution in [3.05, 3.63) is 24.0 Å². The van der Waals surface area contributed by atoms with Crippen LogP contribution in [0.2, 0.25) is 0 Å². The summed E-state index contributed by atoms with van der Waals surface area (Å²) in [5, 5.41) is 3.37. The van der Waals surface area contributed by atoms with E-state index < -0.39 is 0 Å². The number of hydrogen-bond donors (Lipinski definition) is 3. The summed E-state index contributed by atoms with van der Waals surface area (Å²) in [6, 6.07) is 2.25. The summed E-state index contributed by atoms with van der Waals surface area (Å²) in [5.41, 5.74) is 7.33. The molecule has 0 radical (unpaired) electrons. The lowest BCUT2D eigenvalue weighted by Gasteiger charge is -2.27. The Morgan fingerprint density at radius 3 is 2.88 bits per heavy atom. The number of nitrogens with two attached hydrogens (primary N) is 1. The van der Waals surface area contributed by atoms with Crippen LogP contribution >= 0.6 is 0 Å². The number of H-pyrrole nitrogens is 1. The number of aromatic amines is 1. The van der Waals surface area contributed by atoms with Crippen molar-refractivity contribution in [2.75, 3.05) is 32.7 Å². The van der Waals surface area contributed by atoms with Crippen LogP contribution in [0.25, 0.3) is 0 Å². The van der Waals surface area contributed by atoms with Crippen molar-refractivity contribution in [2.24, 2.45) is 5.73 Å². The molecule has 0 aliphatic carbocycles. The zero-order chi connectivity index (χ0) is 11.2. The van der Waals surface area contributed by atoms with Gasteiger partial charge in [0.25, 0.3) is 0 Å². The molecule has 1 fully saturated rings. The van der Waals surface area contributed by atoms with Gasteiger partial charge >= 0.3 is 0 Å². The molecule has 0 amide bonds. The number of piperazine rings is 1. The van der Waals surface area contributed by atoms with Crippen LogP contribution in [0.3, 0.4) is 0 Å². The normalized spacial score (nSPS) is 19.8. The topological polar surface area (TPSA) is 57.1 Å². The molecule has 2 heterocycles.